The van der Waals surface area contributed by atoms with Crippen molar-refractivity contribution < 1.29 is 9.53 Å². The summed E-state index contributed by atoms with van der Waals surface area (Å²) in [6.45, 7) is 3.02. The molecule has 0 saturated heterocycles. The number of ether oxygens (including phenoxy) is 1. The van der Waals surface area contributed by atoms with Crippen LogP contribution in [-0.2, 0) is 11.3 Å². The lowest BCUT2D eigenvalue weighted by Gasteiger charge is -2.12. The van der Waals surface area contributed by atoms with Crippen molar-refractivity contribution >= 4 is 29.3 Å². The van der Waals surface area contributed by atoms with Crippen LogP contribution in [0.4, 0.5) is 0 Å². The summed E-state index contributed by atoms with van der Waals surface area (Å²) in [5.41, 5.74) is 2.67. The molecular weight excluding hydrogens is 456 g/mol. The maximum Gasteiger partial charge on any atom is 0.230 e. The van der Waals surface area contributed by atoms with E-state index in [2.05, 4.69) is 15.5 Å². The smallest absolute Gasteiger partial charge is 0.230 e. The summed E-state index contributed by atoms with van der Waals surface area (Å²) in [7, 11) is 0. The molecule has 168 valence electrons. The molecule has 1 N–H and O–H groups in total. The van der Waals surface area contributed by atoms with Crippen LogP contribution in [0.3, 0.4) is 0 Å². The number of halogens is 1. The van der Waals surface area contributed by atoms with E-state index in [4.69, 9.17) is 16.3 Å². The van der Waals surface area contributed by atoms with Gasteiger partial charge in [0.25, 0.3) is 0 Å². The van der Waals surface area contributed by atoms with Gasteiger partial charge in [0.1, 0.15) is 5.75 Å². The zero-order chi connectivity index (χ0) is 23.0. The van der Waals surface area contributed by atoms with Gasteiger partial charge < -0.3 is 10.1 Å². The lowest BCUT2D eigenvalue weighted by Crippen LogP contribution is -2.24. The monoisotopic (exact) mass is 478 g/mol. The van der Waals surface area contributed by atoms with Gasteiger partial charge in [-0.3, -0.25) is 9.36 Å². The fourth-order valence-electron chi connectivity index (χ4n) is 3.25. The van der Waals surface area contributed by atoms with Gasteiger partial charge in [-0.15, -0.1) is 10.2 Å². The highest BCUT2D eigenvalue weighted by molar-refractivity contribution is 7.99. The summed E-state index contributed by atoms with van der Waals surface area (Å²) >= 11 is 7.77. The fourth-order valence-corrected chi connectivity index (χ4v) is 4.25. The SMILES string of the molecule is CCOc1ccc(-n2c(SCC(=O)NCc3ccccc3)nnc2-c2ccccc2Cl)cc1. The van der Waals surface area contributed by atoms with Crippen molar-refractivity contribution in [2.45, 2.75) is 18.6 Å². The van der Waals surface area contributed by atoms with Gasteiger partial charge in [-0.2, -0.15) is 0 Å². The van der Waals surface area contributed by atoms with Gasteiger partial charge in [0.2, 0.25) is 5.91 Å². The third-order valence-corrected chi connectivity index (χ3v) is 6.08. The molecule has 0 aliphatic rings. The molecule has 0 saturated carbocycles. The van der Waals surface area contributed by atoms with Crippen molar-refractivity contribution in [1.82, 2.24) is 20.1 Å². The molecule has 0 fully saturated rings. The molecule has 0 radical (unpaired) electrons. The Morgan fingerprint density at radius 2 is 1.73 bits per heavy atom. The summed E-state index contributed by atoms with van der Waals surface area (Å²) in [6, 6.07) is 25.0. The molecule has 0 spiro atoms. The van der Waals surface area contributed by atoms with Crippen molar-refractivity contribution in [3.63, 3.8) is 0 Å². The van der Waals surface area contributed by atoms with Crippen molar-refractivity contribution in [3.05, 3.63) is 89.4 Å². The Hall–Kier alpha value is -3.29. The summed E-state index contributed by atoms with van der Waals surface area (Å²) in [5.74, 6) is 1.52. The molecule has 0 bridgehead atoms. The van der Waals surface area contributed by atoms with Gasteiger partial charge in [-0.1, -0.05) is 65.8 Å². The Morgan fingerprint density at radius 3 is 2.45 bits per heavy atom. The van der Waals surface area contributed by atoms with Crippen LogP contribution in [0.2, 0.25) is 5.02 Å². The first-order chi connectivity index (χ1) is 16.2. The number of benzene rings is 3. The van der Waals surface area contributed by atoms with Crippen LogP contribution in [0.5, 0.6) is 5.75 Å². The summed E-state index contributed by atoms with van der Waals surface area (Å²) in [4.78, 5) is 12.5. The van der Waals surface area contributed by atoms with Crippen LogP contribution >= 0.6 is 23.4 Å². The second kappa shape index (κ2) is 11.0. The van der Waals surface area contributed by atoms with Gasteiger partial charge in [0.05, 0.1) is 17.4 Å². The minimum Gasteiger partial charge on any atom is -0.494 e. The summed E-state index contributed by atoms with van der Waals surface area (Å²) in [5, 5.41) is 12.9. The molecule has 0 atom stereocenters. The number of nitrogens with zero attached hydrogens (tertiary/aromatic N) is 3. The van der Waals surface area contributed by atoms with E-state index in [1.54, 1.807) is 0 Å². The Kier molecular flexibility index (Phi) is 7.65. The molecule has 0 unspecified atom stereocenters. The van der Waals surface area contributed by atoms with E-state index >= 15 is 0 Å². The molecule has 3 aromatic carbocycles. The summed E-state index contributed by atoms with van der Waals surface area (Å²) in [6.07, 6.45) is 0. The molecule has 6 nitrogen and oxygen atoms in total. The third kappa shape index (κ3) is 5.74. The standard InChI is InChI=1S/C25H23ClN4O2S/c1-2-32-20-14-12-19(13-15-20)30-24(21-10-6-7-11-22(21)26)28-29-25(30)33-17-23(31)27-16-18-8-4-3-5-9-18/h3-15H,2,16-17H2,1H3,(H,27,31). The van der Waals surface area contributed by atoms with Crippen LogP contribution in [-0.4, -0.2) is 33.0 Å². The Morgan fingerprint density at radius 1 is 1.00 bits per heavy atom. The normalized spacial score (nSPS) is 10.7. The van der Waals surface area contributed by atoms with Crippen LogP contribution in [0.15, 0.2) is 84.0 Å². The largest absolute Gasteiger partial charge is 0.494 e. The molecule has 33 heavy (non-hydrogen) atoms. The number of nitrogens with one attached hydrogen (secondary N) is 1. The lowest BCUT2D eigenvalue weighted by atomic mass is 10.2. The van der Waals surface area contributed by atoms with Gasteiger partial charge in [0, 0.05) is 17.8 Å². The van der Waals surface area contributed by atoms with E-state index in [1.807, 2.05) is 90.4 Å². The highest BCUT2D eigenvalue weighted by Gasteiger charge is 2.19. The van der Waals surface area contributed by atoms with Crippen molar-refractivity contribution in [2.75, 3.05) is 12.4 Å². The third-order valence-electron chi connectivity index (χ3n) is 4.82. The number of hydrogen-bond acceptors (Lipinski definition) is 5. The first-order valence-electron chi connectivity index (χ1n) is 10.5. The molecular formula is C25H23ClN4O2S. The Labute approximate surface area is 202 Å². The molecule has 1 aromatic heterocycles. The van der Waals surface area contributed by atoms with Crippen LogP contribution in [0.25, 0.3) is 17.1 Å². The van der Waals surface area contributed by atoms with E-state index in [9.17, 15) is 4.79 Å². The predicted molar refractivity (Wildman–Crippen MR) is 132 cm³/mol. The molecule has 8 heteroatoms. The average molecular weight is 479 g/mol. The molecule has 0 aliphatic heterocycles. The maximum absolute atomic E-state index is 12.5. The van der Waals surface area contributed by atoms with E-state index in [0.29, 0.717) is 29.2 Å². The second-order valence-electron chi connectivity index (χ2n) is 7.10. The number of aromatic nitrogens is 3. The zero-order valence-electron chi connectivity index (χ0n) is 18.1. The number of carbonyl (C=O) groups excluding carboxylic acids is 1. The highest BCUT2D eigenvalue weighted by Crippen LogP contribution is 2.32. The second-order valence-corrected chi connectivity index (χ2v) is 8.45. The van der Waals surface area contributed by atoms with Crippen LogP contribution in [0, 0.1) is 0 Å². The predicted octanol–water partition coefficient (Wildman–Crippen LogP) is 5.39. The van der Waals surface area contributed by atoms with Crippen LogP contribution < -0.4 is 10.1 Å². The topological polar surface area (TPSA) is 69.0 Å². The Balaban J connectivity index is 1.57. The van der Waals surface area contributed by atoms with Gasteiger partial charge in [0.15, 0.2) is 11.0 Å². The van der Waals surface area contributed by atoms with E-state index in [1.165, 1.54) is 11.8 Å². The molecule has 1 amide bonds. The lowest BCUT2D eigenvalue weighted by molar-refractivity contribution is -0.118. The highest BCUT2D eigenvalue weighted by atomic mass is 35.5. The molecule has 0 aliphatic carbocycles. The van der Waals surface area contributed by atoms with Crippen LogP contribution in [0.1, 0.15) is 12.5 Å². The first kappa shape index (κ1) is 22.9. The number of rotatable bonds is 9. The quantitative estimate of drug-likeness (QED) is 0.326. The number of amides is 1. The van der Waals surface area contributed by atoms with E-state index < -0.39 is 0 Å². The van der Waals surface area contributed by atoms with Crippen molar-refractivity contribution in [3.8, 4) is 22.8 Å². The van der Waals surface area contributed by atoms with Gasteiger partial charge >= 0.3 is 0 Å². The average Bonchev–Trinajstić information content (AvgIpc) is 3.27. The fraction of sp³-hybridized carbons (Fsp3) is 0.160. The minimum atomic E-state index is -0.0793. The number of hydrogen-bond donors (Lipinski definition) is 1. The first-order valence-corrected chi connectivity index (χ1v) is 11.9. The van der Waals surface area contributed by atoms with E-state index in [-0.39, 0.29) is 11.7 Å². The van der Waals surface area contributed by atoms with Gasteiger partial charge in [-0.25, -0.2) is 0 Å². The van der Waals surface area contributed by atoms with Gasteiger partial charge in [-0.05, 0) is 48.9 Å². The minimum absolute atomic E-state index is 0.0793. The molecule has 4 rings (SSSR count). The maximum atomic E-state index is 12.5. The molecule has 4 aromatic rings. The molecule has 1 heterocycles. The Bertz CT molecular complexity index is 1210. The van der Waals surface area contributed by atoms with E-state index in [0.717, 1.165) is 22.6 Å². The van der Waals surface area contributed by atoms with Crippen molar-refractivity contribution in [1.29, 1.82) is 0 Å². The number of carbonyl (C=O) groups is 1. The zero-order valence-corrected chi connectivity index (χ0v) is 19.6. The van der Waals surface area contributed by atoms with Crippen molar-refractivity contribution in [2.24, 2.45) is 0 Å². The summed E-state index contributed by atoms with van der Waals surface area (Å²) < 4.78 is 7.47. The number of thioether (sulfide) groups is 1.